The Bertz CT molecular complexity index is 1290. The molecule has 0 spiro atoms. The zero-order valence-corrected chi connectivity index (χ0v) is 23.2. The average molecular weight is 580 g/mol. The summed E-state index contributed by atoms with van der Waals surface area (Å²) in [7, 11) is 0. The van der Waals surface area contributed by atoms with Crippen molar-refractivity contribution in [3.05, 3.63) is 155 Å². The first-order chi connectivity index (χ1) is 16.6. The van der Waals surface area contributed by atoms with Gasteiger partial charge in [-0.25, -0.2) is 0 Å². The van der Waals surface area contributed by atoms with E-state index >= 15 is 0 Å². The average Bonchev–Trinajstić information content (AvgIpc) is 2.91. The third-order valence-electron chi connectivity index (χ3n) is 6.79. The summed E-state index contributed by atoms with van der Waals surface area (Å²) in [6.45, 7) is -3.32. The minimum absolute atomic E-state index is 0. The van der Waals surface area contributed by atoms with Gasteiger partial charge in [-0.3, -0.25) is 0 Å². The van der Waals surface area contributed by atoms with Gasteiger partial charge in [0.1, 0.15) is 0 Å². The Morgan fingerprint density at radius 1 is 0.429 bits per heavy atom. The molecule has 0 aliphatic rings. The molecule has 4 heteroatoms. The van der Waals surface area contributed by atoms with E-state index < -0.39 is 6.60 Å². The van der Waals surface area contributed by atoms with E-state index in [0.717, 1.165) is 6.16 Å². The van der Waals surface area contributed by atoms with Crippen molar-refractivity contribution < 1.29 is 0 Å². The van der Waals surface area contributed by atoms with E-state index in [0.29, 0.717) is 10.0 Å². The van der Waals surface area contributed by atoms with Crippen molar-refractivity contribution in [3.8, 4) is 0 Å². The Balaban J connectivity index is 0.00000289. The Morgan fingerprint density at radius 3 is 1.23 bits per heavy atom. The van der Waals surface area contributed by atoms with Gasteiger partial charge >= 0.3 is 212 Å². The summed E-state index contributed by atoms with van der Waals surface area (Å²) in [5.74, 6) is 0. The second kappa shape index (κ2) is 10.7. The summed E-state index contributed by atoms with van der Waals surface area (Å²) >= 11 is 13.2. The molecule has 0 N–H and O–H groups in total. The molecule has 5 aromatic carbocycles. The van der Waals surface area contributed by atoms with E-state index in [9.17, 15) is 0 Å². The van der Waals surface area contributed by atoms with Crippen LogP contribution in [0.5, 0.6) is 0 Å². The first kappa shape index (κ1) is 25.7. The van der Waals surface area contributed by atoms with Crippen LogP contribution in [0.25, 0.3) is 0 Å². The van der Waals surface area contributed by atoms with Gasteiger partial charge in [-0.05, 0) is 0 Å². The van der Waals surface area contributed by atoms with E-state index in [4.69, 9.17) is 23.2 Å². The summed E-state index contributed by atoms with van der Waals surface area (Å²) in [4.78, 5) is 0. The number of hydrogen-bond acceptors (Lipinski definition) is 0. The second-order valence-corrected chi connectivity index (χ2v) is 14.4. The molecule has 0 aliphatic carbocycles. The maximum atomic E-state index is 6.74. The molecule has 5 rings (SSSR count). The molecule has 0 bridgehead atoms. The molecular formula is C31H26BrCl2P. The predicted molar refractivity (Wildman–Crippen MR) is 162 cm³/mol. The fourth-order valence-electron chi connectivity index (χ4n) is 5.27. The monoisotopic (exact) mass is 578 g/mol. The fourth-order valence-corrected chi connectivity index (χ4v) is 12.4. The Morgan fingerprint density at radius 2 is 0.829 bits per heavy atom. The normalized spacial score (nSPS) is 12.2. The third-order valence-corrected chi connectivity index (χ3v) is 14.3. The standard InChI is InChI=1S/C31H25Cl2P.BrH/c32-30-22-21-29(23-31(30)33)34(26-15-7-2-8-16-26,27-17-9-3-10-18-27,28-19-11-4-12-20-28)24-25-13-5-1-6-14-25;/h1-23H,24H2;1H. The van der Waals surface area contributed by atoms with Crippen LogP contribution >= 0.6 is 46.8 Å². The van der Waals surface area contributed by atoms with Gasteiger partial charge in [0.15, 0.2) is 0 Å². The molecule has 0 amide bonds. The minimum atomic E-state index is -3.32. The molecule has 0 saturated carbocycles. The number of hydrogen-bond donors (Lipinski definition) is 0. The quantitative estimate of drug-likeness (QED) is 0.179. The van der Waals surface area contributed by atoms with Crippen molar-refractivity contribution >= 4 is 68.0 Å². The van der Waals surface area contributed by atoms with Gasteiger partial charge in [-0.1, -0.05) is 0 Å². The van der Waals surface area contributed by atoms with Crippen LogP contribution < -0.4 is 21.2 Å². The van der Waals surface area contributed by atoms with E-state index in [2.05, 4.69) is 133 Å². The number of halogens is 3. The zero-order chi connectivity index (χ0) is 23.5. The molecule has 176 valence electrons. The van der Waals surface area contributed by atoms with Gasteiger partial charge in [0.25, 0.3) is 0 Å². The predicted octanol–water partition coefficient (Wildman–Crippen LogP) is 7.93. The van der Waals surface area contributed by atoms with Crippen molar-refractivity contribution in [3.63, 3.8) is 0 Å². The molecule has 0 atom stereocenters. The Hall–Kier alpha value is -2.41. The van der Waals surface area contributed by atoms with Crippen molar-refractivity contribution in [2.75, 3.05) is 0 Å². The third kappa shape index (κ3) is 4.26. The van der Waals surface area contributed by atoms with Gasteiger partial charge in [-0.15, -0.1) is 17.0 Å². The van der Waals surface area contributed by atoms with Crippen LogP contribution in [-0.4, -0.2) is 0 Å². The summed E-state index contributed by atoms with van der Waals surface area (Å²) < 4.78 is 0. The SMILES string of the molecule is Br.Clc1ccc(P(Cc2ccccc2)(c2ccccc2)(c2ccccc2)c2ccccc2)cc1Cl. The fraction of sp³-hybridized carbons (Fsp3) is 0.0323. The molecule has 5 aromatic rings. The van der Waals surface area contributed by atoms with Gasteiger partial charge in [0.2, 0.25) is 0 Å². The molecule has 0 heterocycles. The van der Waals surface area contributed by atoms with Crippen LogP contribution in [-0.2, 0) is 6.16 Å². The van der Waals surface area contributed by atoms with Crippen LogP contribution in [0.15, 0.2) is 140 Å². The van der Waals surface area contributed by atoms with Gasteiger partial charge in [0.05, 0.1) is 0 Å². The molecular weight excluding hydrogens is 554 g/mol. The molecule has 0 nitrogen and oxygen atoms in total. The first-order valence-electron chi connectivity index (χ1n) is 11.3. The molecule has 0 unspecified atom stereocenters. The van der Waals surface area contributed by atoms with Crippen LogP contribution in [0, 0.1) is 0 Å². The Kier molecular flexibility index (Phi) is 7.84. The van der Waals surface area contributed by atoms with Crippen molar-refractivity contribution in [1.29, 1.82) is 0 Å². The van der Waals surface area contributed by atoms with E-state index in [1.807, 2.05) is 6.07 Å². The summed E-state index contributed by atoms with van der Waals surface area (Å²) in [5.41, 5.74) is 1.28. The summed E-state index contributed by atoms with van der Waals surface area (Å²) in [5, 5.41) is 6.24. The molecule has 0 saturated heterocycles. The number of rotatable bonds is 6. The number of benzene rings is 5. The van der Waals surface area contributed by atoms with E-state index in [-0.39, 0.29) is 17.0 Å². The van der Waals surface area contributed by atoms with Crippen LogP contribution in [0.1, 0.15) is 5.56 Å². The topological polar surface area (TPSA) is 0 Å². The van der Waals surface area contributed by atoms with Gasteiger partial charge < -0.3 is 0 Å². The van der Waals surface area contributed by atoms with Crippen molar-refractivity contribution in [2.24, 2.45) is 0 Å². The first-order valence-corrected chi connectivity index (χ1v) is 14.5. The van der Waals surface area contributed by atoms with Crippen LogP contribution in [0.2, 0.25) is 10.0 Å². The maximum absolute atomic E-state index is 6.74. The molecule has 35 heavy (non-hydrogen) atoms. The Labute approximate surface area is 228 Å². The van der Waals surface area contributed by atoms with Crippen molar-refractivity contribution in [2.45, 2.75) is 6.16 Å². The van der Waals surface area contributed by atoms with Crippen LogP contribution in [0.3, 0.4) is 0 Å². The zero-order valence-electron chi connectivity index (χ0n) is 19.1. The second-order valence-electron chi connectivity index (χ2n) is 8.55. The summed E-state index contributed by atoms with van der Waals surface area (Å²) in [6, 6.07) is 49.8. The van der Waals surface area contributed by atoms with Gasteiger partial charge in [-0.2, -0.15) is 0 Å². The summed E-state index contributed by atoms with van der Waals surface area (Å²) in [6.07, 6.45) is 0.836. The molecule has 0 fully saturated rings. The van der Waals surface area contributed by atoms with Crippen molar-refractivity contribution in [1.82, 2.24) is 0 Å². The molecule has 0 radical (unpaired) electrons. The van der Waals surface area contributed by atoms with E-state index in [1.54, 1.807) is 0 Å². The van der Waals surface area contributed by atoms with Crippen LogP contribution in [0.4, 0.5) is 0 Å². The van der Waals surface area contributed by atoms with Gasteiger partial charge in [0, 0.05) is 0 Å². The molecule has 0 aromatic heterocycles. The van der Waals surface area contributed by atoms with E-state index in [1.165, 1.54) is 26.8 Å². The molecule has 0 aliphatic heterocycles.